The summed E-state index contributed by atoms with van der Waals surface area (Å²) in [5, 5.41) is 3.37. The number of hydrogen-bond acceptors (Lipinski definition) is 3. The van der Waals surface area contributed by atoms with Crippen molar-refractivity contribution in [1.29, 1.82) is 0 Å². The first-order chi connectivity index (χ1) is 7.84. The Labute approximate surface area is 95.6 Å². The molecule has 0 fully saturated rings. The van der Waals surface area contributed by atoms with E-state index in [0.29, 0.717) is 0 Å². The lowest BCUT2D eigenvalue weighted by Gasteiger charge is -2.05. The molecule has 1 heterocycles. The van der Waals surface area contributed by atoms with Crippen LogP contribution < -0.4 is 5.32 Å². The second kappa shape index (κ2) is 5.37. The van der Waals surface area contributed by atoms with Gasteiger partial charge in [0.05, 0.1) is 0 Å². The topological polar surface area (TPSA) is 37.8 Å². The summed E-state index contributed by atoms with van der Waals surface area (Å²) in [7, 11) is 0. The van der Waals surface area contributed by atoms with Crippen LogP contribution in [0.2, 0.25) is 0 Å². The predicted octanol–water partition coefficient (Wildman–Crippen LogP) is 2.07. The zero-order valence-corrected chi connectivity index (χ0v) is 9.35. The van der Waals surface area contributed by atoms with Gasteiger partial charge < -0.3 is 5.32 Å². The molecule has 0 aliphatic heterocycles. The first kappa shape index (κ1) is 10.8. The molecule has 16 heavy (non-hydrogen) atoms. The summed E-state index contributed by atoms with van der Waals surface area (Å²) in [5.41, 5.74) is 3.70. The Hall–Kier alpha value is -1.74. The number of aromatic nitrogens is 2. The minimum atomic E-state index is 0.800. The number of hydrogen-bond donors (Lipinski definition) is 1. The maximum Gasteiger partial charge on any atom is 0.115 e. The lowest BCUT2D eigenvalue weighted by Crippen LogP contribution is -2.12. The first-order valence-electron chi connectivity index (χ1n) is 5.35. The third-order valence-electron chi connectivity index (χ3n) is 2.35. The van der Waals surface area contributed by atoms with E-state index < -0.39 is 0 Å². The Morgan fingerprint density at radius 1 is 1.06 bits per heavy atom. The standard InChI is InChI=1S/C13H15N3/c1-11-3-2-4-12(5-11)6-14-7-13-8-15-10-16-9-13/h2-5,8-10,14H,6-7H2,1H3. The zero-order chi connectivity index (χ0) is 11.2. The van der Waals surface area contributed by atoms with Crippen LogP contribution in [0.25, 0.3) is 0 Å². The van der Waals surface area contributed by atoms with Gasteiger partial charge in [0.15, 0.2) is 0 Å². The molecule has 0 bridgehead atoms. The van der Waals surface area contributed by atoms with E-state index in [1.807, 2.05) is 12.4 Å². The van der Waals surface area contributed by atoms with E-state index in [2.05, 4.69) is 46.5 Å². The van der Waals surface area contributed by atoms with Gasteiger partial charge in [0.1, 0.15) is 6.33 Å². The van der Waals surface area contributed by atoms with Crippen molar-refractivity contribution in [1.82, 2.24) is 15.3 Å². The average Bonchev–Trinajstić information content (AvgIpc) is 2.30. The second-order valence-corrected chi connectivity index (χ2v) is 3.84. The van der Waals surface area contributed by atoms with E-state index in [1.54, 1.807) is 6.33 Å². The van der Waals surface area contributed by atoms with Gasteiger partial charge in [0, 0.05) is 31.0 Å². The number of aryl methyl sites for hydroxylation is 1. The molecule has 82 valence electrons. The highest BCUT2D eigenvalue weighted by atomic mass is 14.9. The van der Waals surface area contributed by atoms with Crippen molar-refractivity contribution in [3.63, 3.8) is 0 Å². The summed E-state index contributed by atoms with van der Waals surface area (Å²) in [6.07, 6.45) is 5.20. The van der Waals surface area contributed by atoms with Crippen molar-refractivity contribution in [2.75, 3.05) is 0 Å². The molecule has 0 atom stereocenters. The van der Waals surface area contributed by atoms with Gasteiger partial charge in [-0.05, 0) is 12.5 Å². The molecule has 3 nitrogen and oxygen atoms in total. The largest absolute Gasteiger partial charge is 0.309 e. The zero-order valence-electron chi connectivity index (χ0n) is 9.35. The lowest BCUT2D eigenvalue weighted by molar-refractivity contribution is 0.688. The number of nitrogens with one attached hydrogen (secondary N) is 1. The maximum absolute atomic E-state index is 3.97. The molecule has 3 heteroatoms. The fourth-order valence-corrected chi connectivity index (χ4v) is 1.59. The van der Waals surface area contributed by atoms with Crippen LogP contribution in [0, 0.1) is 6.92 Å². The van der Waals surface area contributed by atoms with Crippen LogP contribution in [-0.4, -0.2) is 9.97 Å². The van der Waals surface area contributed by atoms with Crippen LogP contribution in [0.4, 0.5) is 0 Å². The molecule has 0 saturated carbocycles. The van der Waals surface area contributed by atoms with Crippen molar-refractivity contribution < 1.29 is 0 Å². The average molecular weight is 213 g/mol. The molecule has 2 aromatic rings. The molecule has 1 aromatic heterocycles. The molecule has 0 saturated heterocycles. The highest BCUT2D eigenvalue weighted by Gasteiger charge is 1.94. The van der Waals surface area contributed by atoms with Crippen LogP contribution in [0.5, 0.6) is 0 Å². The molecule has 0 spiro atoms. The molecule has 0 amide bonds. The van der Waals surface area contributed by atoms with E-state index >= 15 is 0 Å². The summed E-state index contributed by atoms with van der Waals surface area (Å²) in [6.45, 7) is 3.78. The van der Waals surface area contributed by atoms with E-state index in [1.165, 1.54) is 11.1 Å². The second-order valence-electron chi connectivity index (χ2n) is 3.84. The highest BCUT2D eigenvalue weighted by molar-refractivity contribution is 5.22. The SMILES string of the molecule is Cc1cccc(CNCc2cncnc2)c1. The molecule has 1 N–H and O–H groups in total. The van der Waals surface area contributed by atoms with Gasteiger partial charge in [-0.3, -0.25) is 0 Å². The van der Waals surface area contributed by atoms with Gasteiger partial charge in [-0.1, -0.05) is 29.8 Å². The number of benzene rings is 1. The van der Waals surface area contributed by atoms with Crippen LogP contribution in [0.3, 0.4) is 0 Å². The minimum Gasteiger partial charge on any atom is -0.309 e. The molecular weight excluding hydrogens is 198 g/mol. The molecule has 0 aliphatic carbocycles. The normalized spacial score (nSPS) is 10.3. The fraction of sp³-hybridized carbons (Fsp3) is 0.231. The first-order valence-corrected chi connectivity index (χ1v) is 5.35. The van der Waals surface area contributed by atoms with Crippen molar-refractivity contribution in [3.8, 4) is 0 Å². The quantitative estimate of drug-likeness (QED) is 0.845. The van der Waals surface area contributed by atoms with E-state index in [0.717, 1.165) is 18.7 Å². The van der Waals surface area contributed by atoms with Crippen LogP contribution in [-0.2, 0) is 13.1 Å². The Balaban J connectivity index is 1.85. The Morgan fingerprint density at radius 2 is 1.81 bits per heavy atom. The predicted molar refractivity (Wildman–Crippen MR) is 63.8 cm³/mol. The van der Waals surface area contributed by atoms with Crippen LogP contribution >= 0.6 is 0 Å². The van der Waals surface area contributed by atoms with Crippen molar-refractivity contribution in [3.05, 3.63) is 59.7 Å². The molecule has 2 rings (SSSR count). The maximum atomic E-state index is 3.97. The van der Waals surface area contributed by atoms with Crippen molar-refractivity contribution in [2.24, 2.45) is 0 Å². The van der Waals surface area contributed by atoms with Gasteiger partial charge in [0.2, 0.25) is 0 Å². The minimum absolute atomic E-state index is 0.800. The van der Waals surface area contributed by atoms with Gasteiger partial charge >= 0.3 is 0 Å². The monoisotopic (exact) mass is 213 g/mol. The number of nitrogens with zero attached hydrogens (tertiary/aromatic N) is 2. The van der Waals surface area contributed by atoms with Gasteiger partial charge in [-0.15, -0.1) is 0 Å². The van der Waals surface area contributed by atoms with Gasteiger partial charge in [-0.25, -0.2) is 9.97 Å². The van der Waals surface area contributed by atoms with Crippen LogP contribution in [0.1, 0.15) is 16.7 Å². The molecule has 0 unspecified atom stereocenters. The smallest absolute Gasteiger partial charge is 0.115 e. The number of rotatable bonds is 4. The van der Waals surface area contributed by atoms with Gasteiger partial charge in [-0.2, -0.15) is 0 Å². The Morgan fingerprint density at radius 3 is 2.56 bits per heavy atom. The molecule has 0 aliphatic rings. The van der Waals surface area contributed by atoms with Crippen LogP contribution in [0.15, 0.2) is 43.0 Å². The third kappa shape index (κ3) is 3.14. The Bertz CT molecular complexity index is 440. The summed E-state index contributed by atoms with van der Waals surface area (Å²) >= 11 is 0. The van der Waals surface area contributed by atoms with Crippen molar-refractivity contribution >= 4 is 0 Å². The third-order valence-corrected chi connectivity index (χ3v) is 2.35. The molecular formula is C13H15N3. The molecule has 0 radical (unpaired) electrons. The van der Waals surface area contributed by atoms with Gasteiger partial charge in [0.25, 0.3) is 0 Å². The van der Waals surface area contributed by atoms with E-state index in [9.17, 15) is 0 Å². The summed E-state index contributed by atoms with van der Waals surface area (Å²) in [6, 6.07) is 8.50. The highest BCUT2D eigenvalue weighted by Crippen LogP contribution is 2.03. The molecule has 1 aromatic carbocycles. The van der Waals surface area contributed by atoms with Crippen molar-refractivity contribution in [2.45, 2.75) is 20.0 Å². The fourth-order valence-electron chi connectivity index (χ4n) is 1.59. The summed E-state index contributed by atoms with van der Waals surface area (Å²) in [5.74, 6) is 0. The lowest BCUT2D eigenvalue weighted by atomic mass is 10.1. The van der Waals surface area contributed by atoms with E-state index in [4.69, 9.17) is 0 Å². The summed E-state index contributed by atoms with van der Waals surface area (Å²) < 4.78 is 0. The Kier molecular flexibility index (Phi) is 3.62. The van der Waals surface area contributed by atoms with E-state index in [-0.39, 0.29) is 0 Å². The summed E-state index contributed by atoms with van der Waals surface area (Å²) in [4.78, 5) is 7.95.